The number of unbranched alkanes of at least 4 members (excludes halogenated alkanes) is 9. The van der Waals surface area contributed by atoms with Gasteiger partial charge in [0.15, 0.2) is 0 Å². The highest BCUT2D eigenvalue weighted by molar-refractivity contribution is 5.69. The Morgan fingerprint density at radius 2 is 1.41 bits per heavy atom. The van der Waals surface area contributed by atoms with Crippen molar-refractivity contribution in [1.82, 2.24) is 0 Å². The van der Waals surface area contributed by atoms with Gasteiger partial charge in [0.1, 0.15) is 0 Å². The highest BCUT2D eigenvalue weighted by Gasteiger charge is 2.03. The molecule has 0 heterocycles. The lowest BCUT2D eigenvalue weighted by molar-refractivity contribution is -0.144. The van der Waals surface area contributed by atoms with Gasteiger partial charge in [0.25, 0.3) is 0 Å². The molecule has 0 spiro atoms. The number of carbonyl (C=O) groups is 1. The molecule has 2 nitrogen and oxygen atoms in total. The Bertz CT molecular complexity index is 269. The van der Waals surface area contributed by atoms with Crippen molar-refractivity contribution >= 4 is 5.97 Å². The standard InChI is InChI=1S/C20H38O2/c1-4-5-6-7-8-9-10-11-12-13-14-15-16-17-20(21)22-18-19(2)3/h12-13,19H,4-11,14-18H2,1-3H3. The average molecular weight is 311 g/mol. The predicted molar refractivity (Wildman–Crippen MR) is 96.0 cm³/mol. The number of allylic oxidation sites excluding steroid dienone is 2. The maximum absolute atomic E-state index is 11.4. The third-order valence-electron chi connectivity index (χ3n) is 3.72. The van der Waals surface area contributed by atoms with Crippen molar-refractivity contribution in [2.45, 2.75) is 97.8 Å². The molecule has 0 radical (unpaired) electrons. The molecule has 0 bridgehead atoms. The molecule has 0 unspecified atom stereocenters. The Labute approximate surface area is 138 Å². The number of ether oxygens (including phenoxy) is 1. The lowest BCUT2D eigenvalue weighted by atomic mass is 10.1. The van der Waals surface area contributed by atoms with Crippen LogP contribution in [0.5, 0.6) is 0 Å². The van der Waals surface area contributed by atoms with Crippen LogP contribution >= 0.6 is 0 Å². The van der Waals surface area contributed by atoms with Crippen molar-refractivity contribution in [2.75, 3.05) is 6.61 Å². The van der Waals surface area contributed by atoms with Crippen molar-refractivity contribution in [3.63, 3.8) is 0 Å². The van der Waals surface area contributed by atoms with Crippen molar-refractivity contribution < 1.29 is 9.53 Å². The quantitative estimate of drug-likeness (QED) is 0.197. The number of hydrogen-bond donors (Lipinski definition) is 0. The zero-order chi connectivity index (χ0) is 16.5. The first-order valence-corrected chi connectivity index (χ1v) is 9.47. The molecule has 130 valence electrons. The van der Waals surface area contributed by atoms with Crippen LogP contribution < -0.4 is 0 Å². The molecule has 0 aromatic rings. The molecule has 0 fully saturated rings. The van der Waals surface area contributed by atoms with Crippen LogP contribution in [0, 0.1) is 5.92 Å². The van der Waals surface area contributed by atoms with E-state index in [0.29, 0.717) is 18.9 Å². The minimum Gasteiger partial charge on any atom is -0.465 e. The largest absolute Gasteiger partial charge is 0.465 e. The van der Waals surface area contributed by atoms with Crippen LogP contribution in [0.15, 0.2) is 12.2 Å². The average Bonchev–Trinajstić information content (AvgIpc) is 2.49. The van der Waals surface area contributed by atoms with E-state index in [1.165, 1.54) is 51.4 Å². The molecule has 0 aromatic carbocycles. The van der Waals surface area contributed by atoms with E-state index in [1.54, 1.807) is 0 Å². The maximum atomic E-state index is 11.4. The summed E-state index contributed by atoms with van der Waals surface area (Å²) in [6.07, 6.45) is 19.1. The van der Waals surface area contributed by atoms with Crippen LogP contribution in [0.1, 0.15) is 97.8 Å². The molecule has 0 aliphatic heterocycles. The first-order valence-electron chi connectivity index (χ1n) is 9.47. The molecular weight excluding hydrogens is 272 g/mol. The smallest absolute Gasteiger partial charge is 0.305 e. The summed E-state index contributed by atoms with van der Waals surface area (Å²) in [5.74, 6) is 0.388. The second-order valence-corrected chi connectivity index (χ2v) is 6.70. The normalized spacial score (nSPS) is 11.5. The maximum Gasteiger partial charge on any atom is 0.305 e. The molecule has 0 N–H and O–H groups in total. The molecule has 0 aromatic heterocycles. The first kappa shape index (κ1) is 21.2. The lowest BCUT2D eigenvalue weighted by Gasteiger charge is -2.06. The molecule has 0 aliphatic carbocycles. The molecule has 0 saturated heterocycles. The predicted octanol–water partition coefficient (Wildman–Crippen LogP) is 6.44. The summed E-state index contributed by atoms with van der Waals surface area (Å²) in [4.78, 5) is 11.4. The van der Waals surface area contributed by atoms with E-state index in [1.807, 2.05) is 0 Å². The molecule has 0 saturated carbocycles. The summed E-state index contributed by atoms with van der Waals surface area (Å²) in [5.41, 5.74) is 0. The zero-order valence-corrected chi connectivity index (χ0v) is 15.2. The second-order valence-electron chi connectivity index (χ2n) is 6.70. The van der Waals surface area contributed by atoms with E-state index in [0.717, 1.165) is 19.3 Å². The van der Waals surface area contributed by atoms with Crippen LogP contribution in [-0.4, -0.2) is 12.6 Å². The molecule has 0 rings (SSSR count). The van der Waals surface area contributed by atoms with E-state index in [4.69, 9.17) is 4.74 Å². The van der Waals surface area contributed by atoms with Crippen molar-refractivity contribution in [3.05, 3.63) is 12.2 Å². The molecule has 0 atom stereocenters. The highest BCUT2D eigenvalue weighted by Crippen LogP contribution is 2.09. The van der Waals surface area contributed by atoms with Crippen LogP contribution in [0.2, 0.25) is 0 Å². The molecule has 0 amide bonds. The Morgan fingerprint density at radius 3 is 2.00 bits per heavy atom. The first-order chi connectivity index (χ1) is 10.7. The SMILES string of the molecule is CCCCCCCCCC=CCCCCC(=O)OCC(C)C. The van der Waals surface area contributed by atoms with Gasteiger partial charge in [-0.3, -0.25) is 4.79 Å². The number of hydrogen-bond acceptors (Lipinski definition) is 2. The van der Waals surface area contributed by atoms with Gasteiger partial charge in [-0.1, -0.05) is 71.4 Å². The Balaban J connectivity index is 3.22. The molecule has 22 heavy (non-hydrogen) atoms. The van der Waals surface area contributed by atoms with Gasteiger partial charge in [-0.15, -0.1) is 0 Å². The van der Waals surface area contributed by atoms with Gasteiger partial charge in [0.05, 0.1) is 6.61 Å². The Kier molecular flexibility index (Phi) is 16.0. The van der Waals surface area contributed by atoms with Crippen molar-refractivity contribution in [3.8, 4) is 0 Å². The Morgan fingerprint density at radius 1 is 0.864 bits per heavy atom. The monoisotopic (exact) mass is 310 g/mol. The summed E-state index contributed by atoms with van der Waals surface area (Å²) < 4.78 is 5.15. The number of rotatable bonds is 15. The van der Waals surface area contributed by atoms with E-state index < -0.39 is 0 Å². The van der Waals surface area contributed by atoms with Gasteiger partial charge >= 0.3 is 5.97 Å². The summed E-state index contributed by atoms with van der Waals surface area (Å²) in [6.45, 7) is 6.93. The van der Waals surface area contributed by atoms with Crippen LogP contribution in [-0.2, 0) is 9.53 Å². The van der Waals surface area contributed by atoms with Crippen LogP contribution in [0.4, 0.5) is 0 Å². The van der Waals surface area contributed by atoms with Gasteiger partial charge in [-0.2, -0.15) is 0 Å². The molecular formula is C20H38O2. The second kappa shape index (κ2) is 16.6. The minimum atomic E-state index is -0.0410. The van der Waals surface area contributed by atoms with Crippen LogP contribution in [0.25, 0.3) is 0 Å². The fourth-order valence-corrected chi connectivity index (χ4v) is 2.32. The van der Waals surface area contributed by atoms with E-state index in [9.17, 15) is 4.79 Å². The topological polar surface area (TPSA) is 26.3 Å². The van der Waals surface area contributed by atoms with Crippen LogP contribution in [0.3, 0.4) is 0 Å². The third kappa shape index (κ3) is 17.3. The van der Waals surface area contributed by atoms with Gasteiger partial charge in [-0.25, -0.2) is 0 Å². The number of carbonyl (C=O) groups excluding carboxylic acids is 1. The van der Waals surface area contributed by atoms with Gasteiger partial charge in [-0.05, 0) is 38.0 Å². The summed E-state index contributed by atoms with van der Waals surface area (Å²) in [7, 11) is 0. The fraction of sp³-hybridized carbons (Fsp3) is 0.850. The van der Waals surface area contributed by atoms with Gasteiger partial charge in [0, 0.05) is 6.42 Å². The minimum absolute atomic E-state index is 0.0410. The van der Waals surface area contributed by atoms with Gasteiger partial charge in [0.2, 0.25) is 0 Å². The zero-order valence-electron chi connectivity index (χ0n) is 15.2. The third-order valence-corrected chi connectivity index (χ3v) is 3.72. The summed E-state index contributed by atoms with van der Waals surface area (Å²) in [5, 5.41) is 0. The van der Waals surface area contributed by atoms with Crippen molar-refractivity contribution in [1.29, 1.82) is 0 Å². The Hall–Kier alpha value is -0.790. The van der Waals surface area contributed by atoms with Crippen molar-refractivity contribution in [2.24, 2.45) is 5.92 Å². The summed E-state index contributed by atoms with van der Waals surface area (Å²) in [6, 6.07) is 0. The van der Waals surface area contributed by atoms with E-state index in [2.05, 4.69) is 32.9 Å². The molecule has 2 heteroatoms. The number of esters is 1. The lowest BCUT2D eigenvalue weighted by Crippen LogP contribution is -2.09. The fourth-order valence-electron chi connectivity index (χ4n) is 2.32. The van der Waals surface area contributed by atoms with Gasteiger partial charge < -0.3 is 4.74 Å². The van der Waals surface area contributed by atoms with E-state index >= 15 is 0 Å². The van der Waals surface area contributed by atoms with E-state index in [-0.39, 0.29) is 5.97 Å². The highest BCUT2D eigenvalue weighted by atomic mass is 16.5. The molecule has 0 aliphatic rings. The summed E-state index contributed by atoms with van der Waals surface area (Å²) >= 11 is 0.